The van der Waals surface area contributed by atoms with E-state index in [1.165, 1.54) is 5.56 Å². The molecule has 1 heterocycles. The molecule has 0 fully saturated rings. The Morgan fingerprint density at radius 2 is 2.07 bits per heavy atom. The molecule has 15 heavy (non-hydrogen) atoms. The highest BCUT2D eigenvalue weighted by atomic mass is 35.5. The molecule has 0 aliphatic rings. The van der Waals surface area contributed by atoms with Gasteiger partial charge in [0, 0.05) is 22.1 Å². The van der Waals surface area contributed by atoms with Crippen molar-refractivity contribution in [1.82, 2.24) is 4.98 Å². The number of thiazole rings is 1. The molecule has 1 atom stereocenters. The second-order valence-corrected chi connectivity index (χ2v) is 4.70. The Bertz CT molecular complexity index is 411. The maximum atomic E-state index is 6.05. The van der Waals surface area contributed by atoms with Crippen molar-refractivity contribution in [2.24, 2.45) is 5.73 Å². The number of nitrogens with zero attached hydrogens (tertiary/aromatic N) is 1. The Labute approximate surface area is 97.7 Å². The van der Waals surface area contributed by atoms with Gasteiger partial charge in [-0.2, -0.15) is 0 Å². The van der Waals surface area contributed by atoms with Crippen LogP contribution in [0.5, 0.6) is 0 Å². The molecule has 0 aliphatic carbocycles. The lowest BCUT2D eigenvalue weighted by molar-refractivity contribution is 0.734. The second kappa shape index (κ2) is 4.75. The molecule has 0 amide bonds. The predicted molar refractivity (Wildman–Crippen MR) is 64.2 cm³/mol. The summed E-state index contributed by atoms with van der Waals surface area (Å²) in [5, 5.41) is 0.755. The lowest BCUT2D eigenvalue weighted by atomic mass is 10.1. The first kappa shape index (κ1) is 10.6. The fourth-order valence-electron chi connectivity index (χ4n) is 1.38. The first-order chi connectivity index (χ1) is 7.25. The Morgan fingerprint density at radius 3 is 2.67 bits per heavy atom. The quantitative estimate of drug-likeness (QED) is 0.893. The number of nitrogens with two attached hydrogens (primary N) is 1. The SMILES string of the molecule is NC(Cc1ccc(Cl)cc1)c1cncs1. The van der Waals surface area contributed by atoms with Gasteiger partial charge in [0.1, 0.15) is 0 Å². The lowest BCUT2D eigenvalue weighted by Crippen LogP contribution is -2.11. The molecule has 78 valence electrons. The van der Waals surface area contributed by atoms with Gasteiger partial charge in [0.05, 0.1) is 5.51 Å². The molecule has 2 N–H and O–H groups in total. The van der Waals surface area contributed by atoms with Crippen molar-refractivity contribution in [3.05, 3.63) is 51.4 Å². The molecule has 0 saturated heterocycles. The first-order valence-corrected chi connectivity index (χ1v) is 5.90. The predicted octanol–water partition coefficient (Wildman–Crippen LogP) is 3.04. The maximum absolute atomic E-state index is 6.05. The number of benzene rings is 1. The van der Waals surface area contributed by atoms with E-state index in [9.17, 15) is 0 Å². The van der Waals surface area contributed by atoms with Gasteiger partial charge < -0.3 is 5.73 Å². The van der Waals surface area contributed by atoms with E-state index in [2.05, 4.69) is 4.98 Å². The summed E-state index contributed by atoms with van der Waals surface area (Å²) in [7, 11) is 0. The van der Waals surface area contributed by atoms with Gasteiger partial charge in [0.15, 0.2) is 0 Å². The average Bonchev–Trinajstić information content (AvgIpc) is 2.74. The van der Waals surface area contributed by atoms with Gasteiger partial charge in [-0.25, -0.2) is 0 Å². The molecule has 0 saturated carbocycles. The highest BCUT2D eigenvalue weighted by Crippen LogP contribution is 2.20. The van der Waals surface area contributed by atoms with Crippen LogP contribution in [0.1, 0.15) is 16.5 Å². The van der Waals surface area contributed by atoms with E-state index < -0.39 is 0 Å². The van der Waals surface area contributed by atoms with Gasteiger partial charge >= 0.3 is 0 Å². The smallest absolute Gasteiger partial charge is 0.0794 e. The number of hydrogen-bond acceptors (Lipinski definition) is 3. The third-order valence-corrected chi connectivity index (χ3v) is 3.35. The van der Waals surface area contributed by atoms with Gasteiger partial charge in [-0.1, -0.05) is 23.7 Å². The van der Waals surface area contributed by atoms with Crippen LogP contribution in [0.15, 0.2) is 36.0 Å². The van der Waals surface area contributed by atoms with Crippen LogP contribution < -0.4 is 5.73 Å². The minimum atomic E-state index is 0.0266. The minimum absolute atomic E-state index is 0.0266. The monoisotopic (exact) mass is 238 g/mol. The van der Waals surface area contributed by atoms with Gasteiger partial charge in [-0.05, 0) is 24.1 Å². The third-order valence-electron chi connectivity index (χ3n) is 2.19. The van der Waals surface area contributed by atoms with Crippen molar-refractivity contribution in [2.75, 3.05) is 0 Å². The summed E-state index contributed by atoms with van der Waals surface area (Å²) >= 11 is 7.40. The van der Waals surface area contributed by atoms with Crippen LogP contribution in [-0.4, -0.2) is 4.98 Å². The van der Waals surface area contributed by atoms with Crippen molar-refractivity contribution in [3.8, 4) is 0 Å². The summed E-state index contributed by atoms with van der Waals surface area (Å²) in [5.41, 5.74) is 9.04. The summed E-state index contributed by atoms with van der Waals surface area (Å²) in [4.78, 5) is 5.13. The van der Waals surface area contributed by atoms with Crippen molar-refractivity contribution < 1.29 is 0 Å². The minimum Gasteiger partial charge on any atom is -0.323 e. The normalized spacial score (nSPS) is 12.7. The molecule has 1 aromatic heterocycles. The zero-order valence-electron chi connectivity index (χ0n) is 8.06. The zero-order chi connectivity index (χ0) is 10.7. The largest absolute Gasteiger partial charge is 0.323 e. The van der Waals surface area contributed by atoms with Crippen LogP contribution in [0.3, 0.4) is 0 Å². The van der Waals surface area contributed by atoms with Crippen LogP contribution in [0.2, 0.25) is 5.02 Å². The van der Waals surface area contributed by atoms with E-state index >= 15 is 0 Å². The topological polar surface area (TPSA) is 38.9 Å². The van der Waals surface area contributed by atoms with Crippen LogP contribution in [0, 0.1) is 0 Å². The number of aromatic nitrogens is 1. The van der Waals surface area contributed by atoms with Gasteiger partial charge in [-0.3, -0.25) is 4.98 Å². The molecule has 1 aromatic carbocycles. The van der Waals surface area contributed by atoms with Gasteiger partial charge in [0.2, 0.25) is 0 Å². The Kier molecular flexibility index (Phi) is 3.36. The molecule has 4 heteroatoms. The van der Waals surface area contributed by atoms with Crippen molar-refractivity contribution >= 4 is 22.9 Å². The van der Waals surface area contributed by atoms with E-state index in [4.69, 9.17) is 17.3 Å². The molecule has 0 radical (unpaired) electrons. The first-order valence-electron chi connectivity index (χ1n) is 4.64. The molecule has 2 nitrogen and oxygen atoms in total. The second-order valence-electron chi connectivity index (χ2n) is 3.34. The summed E-state index contributed by atoms with van der Waals surface area (Å²) in [6.45, 7) is 0. The summed E-state index contributed by atoms with van der Waals surface area (Å²) < 4.78 is 0. The summed E-state index contributed by atoms with van der Waals surface area (Å²) in [6, 6.07) is 7.80. The standard InChI is InChI=1S/C11H11ClN2S/c12-9-3-1-8(2-4-9)5-10(13)11-6-14-7-15-11/h1-4,6-7,10H,5,13H2. The van der Waals surface area contributed by atoms with Crippen LogP contribution in [0.25, 0.3) is 0 Å². The summed E-state index contributed by atoms with van der Waals surface area (Å²) in [5.74, 6) is 0. The third kappa shape index (κ3) is 2.78. The van der Waals surface area contributed by atoms with E-state index in [0.717, 1.165) is 16.3 Å². The highest BCUT2D eigenvalue weighted by Gasteiger charge is 2.08. The van der Waals surface area contributed by atoms with E-state index in [0.29, 0.717) is 0 Å². The highest BCUT2D eigenvalue weighted by molar-refractivity contribution is 7.09. The molecular formula is C11H11ClN2S. The number of hydrogen-bond donors (Lipinski definition) is 1. The van der Waals surface area contributed by atoms with Crippen molar-refractivity contribution in [1.29, 1.82) is 0 Å². The van der Waals surface area contributed by atoms with Gasteiger partial charge in [-0.15, -0.1) is 11.3 Å². The Balaban J connectivity index is 2.06. The van der Waals surface area contributed by atoms with E-state index in [-0.39, 0.29) is 6.04 Å². The molecule has 2 rings (SSSR count). The lowest BCUT2D eigenvalue weighted by Gasteiger charge is -2.08. The fourth-order valence-corrected chi connectivity index (χ4v) is 2.13. The Hall–Kier alpha value is -0.900. The zero-order valence-corrected chi connectivity index (χ0v) is 9.63. The van der Waals surface area contributed by atoms with Crippen molar-refractivity contribution in [3.63, 3.8) is 0 Å². The Morgan fingerprint density at radius 1 is 1.33 bits per heavy atom. The average molecular weight is 239 g/mol. The van der Waals surface area contributed by atoms with Gasteiger partial charge in [0.25, 0.3) is 0 Å². The van der Waals surface area contributed by atoms with Crippen LogP contribution in [-0.2, 0) is 6.42 Å². The molecule has 0 aliphatic heterocycles. The molecular weight excluding hydrogens is 228 g/mol. The van der Waals surface area contributed by atoms with Crippen LogP contribution in [0.4, 0.5) is 0 Å². The summed E-state index contributed by atoms with van der Waals surface area (Å²) in [6.07, 6.45) is 2.64. The van der Waals surface area contributed by atoms with E-state index in [1.807, 2.05) is 30.5 Å². The fraction of sp³-hybridized carbons (Fsp3) is 0.182. The molecule has 2 aromatic rings. The number of rotatable bonds is 3. The maximum Gasteiger partial charge on any atom is 0.0794 e. The molecule has 0 bridgehead atoms. The van der Waals surface area contributed by atoms with Crippen molar-refractivity contribution in [2.45, 2.75) is 12.5 Å². The van der Waals surface area contributed by atoms with Crippen LogP contribution >= 0.6 is 22.9 Å². The number of halogens is 1. The molecule has 0 spiro atoms. The van der Waals surface area contributed by atoms with E-state index in [1.54, 1.807) is 16.8 Å². The molecule has 1 unspecified atom stereocenters.